The molecule has 2 heterocycles. The fourth-order valence-corrected chi connectivity index (χ4v) is 2.66. The molecule has 2 N–H and O–H groups in total. The van der Waals surface area contributed by atoms with Crippen LogP contribution in [0.5, 0.6) is 0 Å². The summed E-state index contributed by atoms with van der Waals surface area (Å²) in [5, 5.41) is 15.2. The Balaban J connectivity index is 1.53. The minimum absolute atomic E-state index is 0.329. The van der Waals surface area contributed by atoms with Crippen LogP contribution >= 0.6 is 11.6 Å². The molecule has 0 atom stereocenters. The number of benzene rings is 1. The Morgan fingerprint density at radius 2 is 1.93 bits per heavy atom. The molecule has 0 saturated carbocycles. The van der Waals surface area contributed by atoms with E-state index in [9.17, 15) is 0 Å². The van der Waals surface area contributed by atoms with Crippen LogP contribution in [0.4, 0.5) is 0 Å². The molecule has 0 aliphatic heterocycles. The van der Waals surface area contributed by atoms with Gasteiger partial charge in [-0.25, -0.2) is 4.99 Å². The zero-order chi connectivity index (χ0) is 20.6. The Kier molecular flexibility index (Phi) is 7.24. The first-order chi connectivity index (χ1) is 14.0. The van der Waals surface area contributed by atoms with Gasteiger partial charge in [-0.05, 0) is 37.1 Å². The Morgan fingerprint density at radius 1 is 1.14 bits per heavy atom. The van der Waals surface area contributed by atoms with Gasteiger partial charge >= 0.3 is 0 Å². The van der Waals surface area contributed by atoms with Gasteiger partial charge in [0, 0.05) is 36.2 Å². The molecular weight excluding hydrogens is 392 g/mol. The first-order valence-corrected chi connectivity index (χ1v) is 9.99. The van der Waals surface area contributed by atoms with E-state index in [4.69, 9.17) is 20.6 Å². The minimum atomic E-state index is 0.329. The van der Waals surface area contributed by atoms with E-state index in [0.717, 1.165) is 23.6 Å². The van der Waals surface area contributed by atoms with Crippen molar-refractivity contribution < 1.29 is 9.05 Å². The molecule has 154 valence electrons. The summed E-state index contributed by atoms with van der Waals surface area (Å²) in [6.07, 6.45) is 0.574. The zero-order valence-electron chi connectivity index (χ0n) is 16.8. The van der Waals surface area contributed by atoms with Crippen LogP contribution in [0.1, 0.15) is 44.0 Å². The van der Waals surface area contributed by atoms with Gasteiger partial charge in [0.05, 0.1) is 5.69 Å². The average Bonchev–Trinajstić information content (AvgIpc) is 3.36. The predicted octanol–water partition coefficient (Wildman–Crippen LogP) is 3.80. The molecule has 9 heteroatoms. The van der Waals surface area contributed by atoms with Gasteiger partial charge in [0.15, 0.2) is 11.7 Å². The summed E-state index contributed by atoms with van der Waals surface area (Å²) in [5.74, 6) is 2.84. The van der Waals surface area contributed by atoms with Gasteiger partial charge in [0.2, 0.25) is 11.7 Å². The average molecular weight is 417 g/mol. The highest BCUT2D eigenvalue weighted by Crippen LogP contribution is 2.18. The maximum Gasteiger partial charge on any atom is 0.228 e. The van der Waals surface area contributed by atoms with E-state index in [-0.39, 0.29) is 0 Å². The standard InChI is InChI=1S/C20H25ClN6O2/c1-4-22-20(24-12-16-11-17(13(2)3)26-28-16)23-10-9-18-25-19(27-29-18)14-5-7-15(21)8-6-14/h5-8,11,13H,4,9-10,12H2,1-3H3,(H2,22,23,24). The number of guanidine groups is 1. The SMILES string of the molecule is CCNC(=NCc1cc(C(C)C)no1)NCCc1nc(-c2ccc(Cl)cc2)no1. The number of aliphatic imine (C=N–C) groups is 1. The summed E-state index contributed by atoms with van der Waals surface area (Å²) >= 11 is 5.91. The molecule has 0 radical (unpaired) electrons. The van der Waals surface area contributed by atoms with Crippen molar-refractivity contribution in [2.75, 3.05) is 13.1 Å². The Hall–Kier alpha value is -2.87. The van der Waals surface area contributed by atoms with Gasteiger partial charge in [0.1, 0.15) is 6.54 Å². The molecule has 0 aliphatic carbocycles. The molecule has 3 rings (SSSR count). The second-order valence-corrected chi connectivity index (χ2v) is 7.20. The highest BCUT2D eigenvalue weighted by molar-refractivity contribution is 6.30. The number of aromatic nitrogens is 3. The summed E-state index contributed by atoms with van der Waals surface area (Å²) in [6.45, 7) is 7.93. The lowest BCUT2D eigenvalue weighted by Gasteiger charge is -2.09. The first kappa shape index (κ1) is 20.9. The van der Waals surface area contributed by atoms with Crippen LogP contribution in [0.3, 0.4) is 0 Å². The van der Waals surface area contributed by atoms with Gasteiger partial charge in [-0.1, -0.05) is 35.8 Å². The number of nitrogens with one attached hydrogen (secondary N) is 2. The van der Waals surface area contributed by atoms with Crippen molar-refractivity contribution in [3.8, 4) is 11.4 Å². The molecule has 0 fully saturated rings. The van der Waals surface area contributed by atoms with Gasteiger partial charge in [-0.2, -0.15) is 4.98 Å². The molecule has 0 saturated heterocycles. The third-order valence-electron chi connectivity index (χ3n) is 4.11. The van der Waals surface area contributed by atoms with E-state index in [1.54, 1.807) is 12.1 Å². The van der Waals surface area contributed by atoms with Gasteiger partial charge in [0.25, 0.3) is 0 Å². The Morgan fingerprint density at radius 3 is 2.62 bits per heavy atom. The Labute approximate surface area is 174 Å². The van der Waals surface area contributed by atoms with Crippen LogP contribution in [0.25, 0.3) is 11.4 Å². The molecule has 29 heavy (non-hydrogen) atoms. The fourth-order valence-electron chi connectivity index (χ4n) is 2.53. The number of halogens is 1. The van der Waals surface area contributed by atoms with Crippen molar-refractivity contribution >= 4 is 17.6 Å². The third kappa shape index (κ3) is 6.05. The van der Waals surface area contributed by atoms with Crippen molar-refractivity contribution in [1.29, 1.82) is 0 Å². The van der Waals surface area contributed by atoms with E-state index in [2.05, 4.69) is 44.8 Å². The summed E-state index contributed by atoms with van der Waals surface area (Å²) < 4.78 is 10.7. The molecule has 1 aromatic carbocycles. The van der Waals surface area contributed by atoms with Crippen LogP contribution in [0, 0.1) is 0 Å². The van der Waals surface area contributed by atoms with Crippen LogP contribution in [-0.2, 0) is 13.0 Å². The summed E-state index contributed by atoms with van der Waals surface area (Å²) in [6, 6.07) is 9.26. The quantitative estimate of drug-likeness (QED) is 0.425. The van der Waals surface area contributed by atoms with E-state index in [1.165, 1.54) is 0 Å². The summed E-state index contributed by atoms with van der Waals surface area (Å²) in [5.41, 5.74) is 1.79. The molecule has 0 bridgehead atoms. The Bertz CT molecular complexity index is 933. The number of hydrogen-bond donors (Lipinski definition) is 2. The van der Waals surface area contributed by atoms with Crippen LogP contribution in [0.15, 0.2) is 44.4 Å². The minimum Gasteiger partial charge on any atom is -0.359 e. The fraction of sp³-hybridized carbons (Fsp3) is 0.400. The lowest BCUT2D eigenvalue weighted by Crippen LogP contribution is -2.38. The second kappa shape index (κ2) is 10.1. The topological polar surface area (TPSA) is 101 Å². The predicted molar refractivity (Wildman–Crippen MR) is 112 cm³/mol. The van der Waals surface area contributed by atoms with Gasteiger partial charge < -0.3 is 19.7 Å². The first-order valence-electron chi connectivity index (χ1n) is 9.61. The van der Waals surface area contributed by atoms with Crippen LogP contribution in [-0.4, -0.2) is 34.3 Å². The highest BCUT2D eigenvalue weighted by Gasteiger charge is 2.10. The third-order valence-corrected chi connectivity index (χ3v) is 4.36. The van der Waals surface area contributed by atoms with Crippen molar-refractivity contribution in [3.05, 3.63) is 52.7 Å². The van der Waals surface area contributed by atoms with E-state index < -0.39 is 0 Å². The molecule has 2 aromatic heterocycles. The van der Waals surface area contributed by atoms with E-state index in [1.807, 2.05) is 25.1 Å². The van der Waals surface area contributed by atoms with Crippen molar-refractivity contribution in [3.63, 3.8) is 0 Å². The highest BCUT2D eigenvalue weighted by atomic mass is 35.5. The van der Waals surface area contributed by atoms with Gasteiger partial charge in [-0.15, -0.1) is 0 Å². The smallest absolute Gasteiger partial charge is 0.228 e. The maximum atomic E-state index is 5.91. The van der Waals surface area contributed by atoms with Crippen LogP contribution < -0.4 is 10.6 Å². The monoisotopic (exact) mass is 416 g/mol. The lowest BCUT2D eigenvalue weighted by molar-refractivity contribution is 0.375. The molecule has 0 spiro atoms. The molecular formula is C20H25ClN6O2. The molecule has 3 aromatic rings. The van der Waals surface area contributed by atoms with E-state index in [0.29, 0.717) is 48.1 Å². The second-order valence-electron chi connectivity index (χ2n) is 6.76. The lowest BCUT2D eigenvalue weighted by atomic mass is 10.1. The largest absolute Gasteiger partial charge is 0.359 e. The molecule has 0 unspecified atom stereocenters. The number of nitrogens with zero attached hydrogens (tertiary/aromatic N) is 4. The normalized spacial score (nSPS) is 11.8. The molecule has 8 nitrogen and oxygen atoms in total. The molecule has 0 aliphatic rings. The number of hydrogen-bond acceptors (Lipinski definition) is 6. The van der Waals surface area contributed by atoms with Crippen molar-refractivity contribution in [2.24, 2.45) is 4.99 Å². The maximum absolute atomic E-state index is 5.91. The molecule has 0 amide bonds. The summed E-state index contributed by atoms with van der Waals surface area (Å²) in [4.78, 5) is 8.95. The van der Waals surface area contributed by atoms with Crippen LogP contribution in [0.2, 0.25) is 5.02 Å². The van der Waals surface area contributed by atoms with E-state index >= 15 is 0 Å². The zero-order valence-corrected chi connectivity index (χ0v) is 17.5. The number of rotatable bonds is 8. The van der Waals surface area contributed by atoms with Crippen molar-refractivity contribution in [1.82, 2.24) is 25.9 Å². The van der Waals surface area contributed by atoms with Crippen molar-refractivity contribution in [2.45, 2.75) is 39.7 Å². The summed E-state index contributed by atoms with van der Waals surface area (Å²) in [7, 11) is 0. The van der Waals surface area contributed by atoms with Gasteiger partial charge in [-0.3, -0.25) is 0 Å².